The second-order valence-electron chi connectivity index (χ2n) is 6.57. The lowest BCUT2D eigenvalue weighted by Crippen LogP contribution is -2.62. The number of aliphatic carboxylic acids is 1. The summed E-state index contributed by atoms with van der Waals surface area (Å²) in [4.78, 5) is 66.0. The number of ether oxygens (including phenoxy) is 1. The third-order valence-corrected chi connectivity index (χ3v) is 4.45. The summed E-state index contributed by atoms with van der Waals surface area (Å²) in [7, 11) is 1.12. The molecule has 1 saturated heterocycles. The van der Waals surface area contributed by atoms with E-state index in [2.05, 4.69) is 15.0 Å². The van der Waals surface area contributed by atoms with Gasteiger partial charge in [-0.2, -0.15) is 0 Å². The number of benzene rings is 1. The molecule has 1 aromatic rings. The highest BCUT2D eigenvalue weighted by Gasteiger charge is 2.40. The maximum Gasteiger partial charge on any atom is 0.324 e. The van der Waals surface area contributed by atoms with Crippen molar-refractivity contribution >= 4 is 47.4 Å². The quantitative estimate of drug-likeness (QED) is 0.300. The zero-order chi connectivity index (χ0) is 23.0. The van der Waals surface area contributed by atoms with Crippen LogP contribution in [0.2, 0.25) is 0 Å². The lowest BCUT2D eigenvalue weighted by Gasteiger charge is -2.39. The number of nitrogens with zero attached hydrogens (tertiary/aromatic N) is 3. The van der Waals surface area contributed by atoms with Gasteiger partial charge in [0.1, 0.15) is 12.6 Å². The number of nitrogens with one attached hydrogen (secondary N) is 1. The molecule has 1 aliphatic rings. The number of rotatable bonds is 7. The molecular formula is C19H23N5O7. The van der Waals surface area contributed by atoms with Gasteiger partial charge in [0, 0.05) is 19.3 Å². The highest BCUT2D eigenvalue weighted by atomic mass is 16.5. The predicted octanol–water partition coefficient (Wildman–Crippen LogP) is -0.242. The number of aliphatic imine (C=N–C) groups is 1. The summed E-state index contributed by atoms with van der Waals surface area (Å²) in [6, 6.07) is 4.62. The third kappa shape index (κ3) is 6.52. The third-order valence-electron chi connectivity index (χ3n) is 4.45. The summed E-state index contributed by atoms with van der Waals surface area (Å²) in [5.74, 6) is -3.38. The first-order valence-electron chi connectivity index (χ1n) is 9.27. The molecule has 1 fully saturated rings. The molecular weight excluding hydrogens is 410 g/mol. The molecule has 31 heavy (non-hydrogen) atoms. The summed E-state index contributed by atoms with van der Waals surface area (Å²) < 4.78 is 4.55. The number of piperazine rings is 1. The van der Waals surface area contributed by atoms with E-state index in [9.17, 15) is 24.0 Å². The van der Waals surface area contributed by atoms with Gasteiger partial charge in [0.2, 0.25) is 11.8 Å². The van der Waals surface area contributed by atoms with Crippen LogP contribution in [-0.2, 0) is 23.9 Å². The van der Waals surface area contributed by atoms with Gasteiger partial charge in [0.15, 0.2) is 0 Å². The van der Waals surface area contributed by atoms with E-state index in [1.54, 1.807) is 24.3 Å². The minimum absolute atomic E-state index is 0.0564. The fourth-order valence-electron chi connectivity index (χ4n) is 2.91. The van der Waals surface area contributed by atoms with Crippen LogP contribution < -0.4 is 11.1 Å². The first kappa shape index (κ1) is 23.3. The number of nitrogens with two attached hydrogens (primary N) is 1. The molecule has 0 aliphatic carbocycles. The zero-order valence-electron chi connectivity index (χ0n) is 16.8. The zero-order valence-corrected chi connectivity index (χ0v) is 16.8. The topological polar surface area (TPSA) is 172 Å². The Hall–Kier alpha value is -3.96. The van der Waals surface area contributed by atoms with Crippen LogP contribution in [-0.4, -0.2) is 83.7 Å². The van der Waals surface area contributed by atoms with Gasteiger partial charge in [0.05, 0.1) is 31.3 Å². The molecule has 0 bridgehead atoms. The number of carboxylic acids is 1. The van der Waals surface area contributed by atoms with Gasteiger partial charge in [-0.3, -0.25) is 29.5 Å². The van der Waals surface area contributed by atoms with E-state index >= 15 is 0 Å². The molecule has 0 saturated carbocycles. The molecule has 1 unspecified atom stereocenters. The lowest BCUT2D eigenvalue weighted by molar-refractivity contribution is -0.152. The van der Waals surface area contributed by atoms with Crippen LogP contribution in [0.1, 0.15) is 12.8 Å². The fraction of sp³-hybridized carbons (Fsp3) is 0.368. The van der Waals surface area contributed by atoms with Gasteiger partial charge in [-0.15, -0.1) is 0 Å². The minimum atomic E-state index is -1.29. The summed E-state index contributed by atoms with van der Waals surface area (Å²) >= 11 is 0. The maximum absolute atomic E-state index is 12.6. The number of methoxy groups -OCH3 is 1. The fourth-order valence-corrected chi connectivity index (χ4v) is 2.91. The Balaban J connectivity index is 2.02. The molecule has 2 rings (SSSR count). The van der Waals surface area contributed by atoms with Crippen molar-refractivity contribution in [2.24, 2.45) is 4.99 Å². The van der Waals surface area contributed by atoms with Crippen molar-refractivity contribution in [3.8, 4) is 0 Å². The van der Waals surface area contributed by atoms with Gasteiger partial charge >= 0.3 is 18.0 Å². The number of carbonyl (C=O) groups excluding carboxylic acids is 4. The number of imide groups is 1. The minimum Gasteiger partial charge on any atom is -0.480 e. The normalized spacial score (nSPS) is 16.3. The summed E-state index contributed by atoms with van der Waals surface area (Å²) in [6.07, 6.45) is 0.590. The molecule has 0 aromatic heterocycles. The molecule has 0 spiro atoms. The number of carboxylic acid groups (broad SMARTS) is 1. The van der Waals surface area contributed by atoms with Crippen molar-refractivity contribution in [3.05, 3.63) is 24.3 Å². The summed E-state index contributed by atoms with van der Waals surface area (Å²) in [6.45, 7) is -0.683. The van der Waals surface area contributed by atoms with Crippen molar-refractivity contribution in [1.82, 2.24) is 15.1 Å². The first-order valence-corrected chi connectivity index (χ1v) is 9.27. The number of urea groups is 1. The maximum atomic E-state index is 12.6. The molecule has 4 N–H and O–H groups in total. The van der Waals surface area contributed by atoms with E-state index in [1.807, 2.05) is 0 Å². The largest absolute Gasteiger partial charge is 0.480 e. The van der Waals surface area contributed by atoms with Crippen LogP contribution in [0.3, 0.4) is 0 Å². The van der Waals surface area contributed by atoms with Gasteiger partial charge in [-0.1, -0.05) is 12.1 Å². The molecule has 12 heteroatoms. The van der Waals surface area contributed by atoms with Crippen molar-refractivity contribution in [1.29, 1.82) is 0 Å². The van der Waals surface area contributed by atoms with E-state index in [0.717, 1.165) is 16.9 Å². The number of hydrogen-bond acceptors (Lipinski definition) is 8. The second-order valence-corrected chi connectivity index (χ2v) is 6.57. The van der Waals surface area contributed by atoms with E-state index in [0.29, 0.717) is 11.4 Å². The Kier molecular flexibility index (Phi) is 8.06. The lowest BCUT2D eigenvalue weighted by atomic mass is 10.1. The molecule has 0 radical (unpaired) electrons. The Morgan fingerprint density at radius 2 is 2.00 bits per heavy atom. The van der Waals surface area contributed by atoms with Crippen LogP contribution in [0.25, 0.3) is 0 Å². The summed E-state index contributed by atoms with van der Waals surface area (Å²) in [5.41, 5.74) is 6.65. The Labute approximate surface area is 177 Å². The Morgan fingerprint density at radius 3 is 2.65 bits per heavy atom. The van der Waals surface area contributed by atoms with Crippen molar-refractivity contribution in [2.45, 2.75) is 18.9 Å². The van der Waals surface area contributed by atoms with Crippen LogP contribution in [0, 0.1) is 0 Å². The van der Waals surface area contributed by atoms with E-state index < -0.39 is 48.8 Å². The van der Waals surface area contributed by atoms with Crippen molar-refractivity contribution < 1.29 is 33.8 Å². The Morgan fingerprint density at radius 1 is 1.29 bits per heavy atom. The average Bonchev–Trinajstić information content (AvgIpc) is 2.71. The van der Waals surface area contributed by atoms with Gasteiger partial charge in [0.25, 0.3) is 0 Å². The number of amides is 4. The summed E-state index contributed by atoms with van der Waals surface area (Å²) in [5, 5.41) is 11.1. The number of carbonyl (C=O) groups is 5. The highest BCUT2D eigenvalue weighted by Crippen LogP contribution is 2.20. The number of para-hydroxylation sites is 2. The van der Waals surface area contributed by atoms with Gasteiger partial charge in [-0.25, -0.2) is 4.79 Å². The van der Waals surface area contributed by atoms with E-state index in [4.69, 9.17) is 10.8 Å². The van der Waals surface area contributed by atoms with Gasteiger partial charge < -0.3 is 25.4 Å². The SMILES string of the molecule is COC(=O)CC1C(=O)N(CC(=O)O)CCN1C(=O)NC(=O)CC=Nc1ccccc1N. The van der Waals surface area contributed by atoms with Crippen molar-refractivity contribution in [3.63, 3.8) is 0 Å². The number of hydrogen-bond donors (Lipinski definition) is 3. The van der Waals surface area contributed by atoms with Crippen LogP contribution in [0.15, 0.2) is 29.3 Å². The number of nitrogen functional groups attached to an aromatic ring is 1. The smallest absolute Gasteiger partial charge is 0.324 e. The molecule has 12 nitrogen and oxygen atoms in total. The molecule has 1 aliphatic heterocycles. The molecule has 1 atom stereocenters. The molecule has 4 amide bonds. The van der Waals surface area contributed by atoms with Crippen LogP contribution in [0.5, 0.6) is 0 Å². The predicted molar refractivity (Wildman–Crippen MR) is 109 cm³/mol. The van der Waals surface area contributed by atoms with Crippen LogP contribution >= 0.6 is 0 Å². The van der Waals surface area contributed by atoms with Crippen molar-refractivity contribution in [2.75, 3.05) is 32.5 Å². The number of anilines is 1. The standard InChI is InChI=1S/C19H23N5O7/c1-31-17(28)10-14-18(29)23(11-16(26)27)8-9-24(14)19(30)22-15(25)6-7-21-13-5-3-2-4-12(13)20/h2-5,7,14H,6,8-11,20H2,1H3,(H,26,27)(H,22,25,30). The average molecular weight is 433 g/mol. The number of esters is 1. The molecule has 1 aromatic carbocycles. The van der Waals surface area contributed by atoms with Gasteiger partial charge in [-0.05, 0) is 12.1 Å². The van der Waals surface area contributed by atoms with E-state index in [1.165, 1.54) is 6.21 Å². The molecule has 1 heterocycles. The first-order chi connectivity index (χ1) is 14.7. The second kappa shape index (κ2) is 10.7. The van der Waals surface area contributed by atoms with E-state index in [-0.39, 0.29) is 19.5 Å². The highest BCUT2D eigenvalue weighted by molar-refractivity contribution is 6.02. The Bertz CT molecular complexity index is 901. The van der Waals surface area contributed by atoms with Crippen LogP contribution in [0.4, 0.5) is 16.2 Å². The monoisotopic (exact) mass is 433 g/mol. The molecule has 166 valence electrons.